The smallest absolute Gasteiger partial charge is 0.337 e. The van der Waals surface area contributed by atoms with Crippen molar-refractivity contribution in [3.63, 3.8) is 0 Å². The Hall–Kier alpha value is -2.37. The van der Waals surface area contributed by atoms with Crippen LogP contribution >= 0.6 is 0 Å². The molecule has 3 rings (SSSR count). The van der Waals surface area contributed by atoms with Crippen LogP contribution in [0.15, 0.2) is 18.2 Å². The monoisotopic (exact) mass is 273 g/mol. The van der Waals surface area contributed by atoms with E-state index in [1.807, 2.05) is 0 Å². The molecule has 20 heavy (non-hydrogen) atoms. The van der Waals surface area contributed by atoms with E-state index in [-0.39, 0.29) is 18.0 Å². The number of amides is 1. The molecule has 6 nitrogen and oxygen atoms in total. The van der Waals surface area contributed by atoms with Crippen LogP contribution in [0.4, 0.5) is 0 Å². The highest BCUT2D eigenvalue weighted by molar-refractivity contribution is 6.01. The highest BCUT2D eigenvalue weighted by atomic mass is 16.4. The largest absolute Gasteiger partial charge is 0.478 e. The molecule has 1 aromatic carbocycles. The molecule has 1 heterocycles. The summed E-state index contributed by atoms with van der Waals surface area (Å²) in [7, 11) is 0. The average molecular weight is 273 g/mol. The Labute approximate surface area is 115 Å². The van der Waals surface area contributed by atoms with E-state index in [1.165, 1.54) is 6.07 Å². The van der Waals surface area contributed by atoms with Crippen molar-refractivity contribution in [1.82, 2.24) is 14.9 Å². The fraction of sp³-hybridized carbons (Fsp3) is 0.357. The third-order valence-corrected chi connectivity index (χ3v) is 3.44. The normalized spacial score (nSPS) is 14.4. The molecule has 0 bridgehead atoms. The zero-order valence-corrected chi connectivity index (χ0v) is 11.1. The van der Waals surface area contributed by atoms with Gasteiger partial charge in [-0.1, -0.05) is 6.07 Å². The molecular formula is C14H15N3O3. The predicted molar refractivity (Wildman–Crippen MR) is 72.6 cm³/mol. The van der Waals surface area contributed by atoms with Gasteiger partial charge < -0.3 is 15.0 Å². The van der Waals surface area contributed by atoms with Crippen LogP contribution in [0, 0.1) is 6.92 Å². The molecule has 0 aliphatic heterocycles. The van der Waals surface area contributed by atoms with E-state index in [1.54, 1.807) is 23.6 Å². The van der Waals surface area contributed by atoms with Crippen LogP contribution < -0.4 is 5.32 Å². The van der Waals surface area contributed by atoms with Crippen LogP contribution in [0.5, 0.6) is 0 Å². The molecule has 1 aliphatic carbocycles. The fourth-order valence-electron chi connectivity index (χ4n) is 2.28. The molecule has 0 unspecified atom stereocenters. The van der Waals surface area contributed by atoms with Gasteiger partial charge in [0.05, 0.1) is 11.1 Å². The topological polar surface area (TPSA) is 84.2 Å². The van der Waals surface area contributed by atoms with E-state index >= 15 is 0 Å². The van der Waals surface area contributed by atoms with Gasteiger partial charge in [0.2, 0.25) is 5.91 Å². The first kappa shape index (κ1) is 12.7. The maximum absolute atomic E-state index is 11.9. The third-order valence-electron chi connectivity index (χ3n) is 3.44. The van der Waals surface area contributed by atoms with Gasteiger partial charge in [-0.15, -0.1) is 0 Å². The van der Waals surface area contributed by atoms with Crippen molar-refractivity contribution in [2.24, 2.45) is 0 Å². The SMILES string of the molecule is Cc1nc2c(C(=O)O)cccc2n1CC(=O)NC1CC1. The van der Waals surface area contributed by atoms with E-state index in [2.05, 4.69) is 10.3 Å². The van der Waals surface area contributed by atoms with Gasteiger partial charge in [-0.05, 0) is 31.9 Å². The number of para-hydroxylation sites is 1. The average Bonchev–Trinajstić information content (AvgIpc) is 3.14. The number of carbonyl (C=O) groups excluding carboxylic acids is 1. The van der Waals surface area contributed by atoms with Crippen LogP contribution in [0.2, 0.25) is 0 Å². The minimum atomic E-state index is -1.01. The lowest BCUT2D eigenvalue weighted by Gasteiger charge is -2.07. The molecule has 1 aliphatic rings. The fourth-order valence-corrected chi connectivity index (χ4v) is 2.28. The van der Waals surface area contributed by atoms with Gasteiger partial charge in [0.1, 0.15) is 17.9 Å². The number of benzene rings is 1. The first-order valence-electron chi connectivity index (χ1n) is 6.55. The number of hydrogen-bond acceptors (Lipinski definition) is 3. The predicted octanol–water partition coefficient (Wildman–Crippen LogP) is 1.32. The van der Waals surface area contributed by atoms with Gasteiger partial charge >= 0.3 is 5.97 Å². The molecule has 2 N–H and O–H groups in total. The summed E-state index contributed by atoms with van der Waals surface area (Å²) in [6, 6.07) is 5.28. The second kappa shape index (κ2) is 4.63. The van der Waals surface area contributed by atoms with Crippen molar-refractivity contribution in [3.8, 4) is 0 Å². The van der Waals surface area contributed by atoms with Gasteiger partial charge in [0.25, 0.3) is 0 Å². The molecule has 2 aromatic rings. The Morgan fingerprint density at radius 2 is 2.20 bits per heavy atom. The number of hydrogen-bond donors (Lipinski definition) is 2. The van der Waals surface area contributed by atoms with E-state index in [4.69, 9.17) is 5.11 Å². The second-order valence-corrected chi connectivity index (χ2v) is 5.07. The zero-order valence-electron chi connectivity index (χ0n) is 11.1. The minimum absolute atomic E-state index is 0.0596. The summed E-state index contributed by atoms with van der Waals surface area (Å²) in [6.45, 7) is 1.94. The van der Waals surface area contributed by atoms with Crippen molar-refractivity contribution in [2.45, 2.75) is 32.4 Å². The second-order valence-electron chi connectivity index (χ2n) is 5.07. The third kappa shape index (κ3) is 2.24. The number of fused-ring (bicyclic) bond motifs is 1. The Morgan fingerprint density at radius 3 is 2.85 bits per heavy atom. The Morgan fingerprint density at radius 1 is 1.45 bits per heavy atom. The molecule has 1 saturated carbocycles. The number of aryl methyl sites for hydroxylation is 1. The lowest BCUT2D eigenvalue weighted by atomic mass is 10.2. The van der Waals surface area contributed by atoms with Crippen molar-refractivity contribution < 1.29 is 14.7 Å². The molecule has 104 valence electrons. The number of imidazole rings is 1. The van der Waals surface area contributed by atoms with Crippen LogP contribution in [0.3, 0.4) is 0 Å². The van der Waals surface area contributed by atoms with Gasteiger partial charge in [-0.3, -0.25) is 4.79 Å². The number of rotatable bonds is 4. The number of aromatic nitrogens is 2. The molecule has 0 atom stereocenters. The number of carbonyl (C=O) groups is 2. The molecule has 1 fully saturated rings. The lowest BCUT2D eigenvalue weighted by molar-refractivity contribution is -0.121. The number of carboxylic acid groups (broad SMARTS) is 1. The number of nitrogens with zero attached hydrogens (tertiary/aromatic N) is 2. The number of carboxylic acids is 1. The summed E-state index contributed by atoms with van der Waals surface area (Å²) in [5.74, 6) is -0.432. The summed E-state index contributed by atoms with van der Waals surface area (Å²) >= 11 is 0. The Bertz CT molecular complexity index is 701. The molecule has 0 spiro atoms. The first-order valence-corrected chi connectivity index (χ1v) is 6.55. The Balaban J connectivity index is 1.97. The van der Waals surface area contributed by atoms with Gasteiger partial charge in [-0.25, -0.2) is 9.78 Å². The summed E-state index contributed by atoms with van der Waals surface area (Å²) in [6.07, 6.45) is 2.08. The quantitative estimate of drug-likeness (QED) is 0.880. The Kier molecular flexibility index (Phi) is 2.93. The maximum Gasteiger partial charge on any atom is 0.337 e. The van der Waals surface area contributed by atoms with Crippen molar-refractivity contribution in [3.05, 3.63) is 29.6 Å². The van der Waals surface area contributed by atoms with Crippen LogP contribution in [0.25, 0.3) is 11.0 Å². The molecular weight excluding hydrogens is 258 g/mol. The minimum Gasteiger partial charge on any atom is -0.478 e. The van der Waals surface area contributed by atoms with Gasteiger partial charge in [-0.2, -0.15) is 0 Å². The first-order chi connectivity index (χ1) is 9.56. The zero-order chi connectivity index (χ0) is 14.3. The van der Waals surface area contributed by atoms with E-state index in [9.17, 15) is 9.59 Å². The molecule has 0 saturated heterocycles. The van der Waals surface area contributed by atoms with Crippen molar-refractivity contribution >= 4 is 22.9 Å². The molecule has 1 aromatic heterocycles. The van der Waals surface area contributed by atoms with Gasteiger partial charge in [0.15, 0.2) is 0 Å². The highest BCUT2D eigenvalue weighted by Gasteiger charge is 2.24. The highest BCUT2D eigenvalue weighted by Crippen LogP contribution is 2.21. The lowest BCUT2D eigenvalue weighted by Crippen LogP contribution is -2.29. The van der Waals surface area contributed by atoms with Crippen LogP contribution in [-0.2, 0) is 11.3 Å². The van der Waals surface area contributed by atoms with E-state index < -0.39 is 5.97 Å². The molecule has 6 heteroatoms. The van der Waals surface area contributed by atoms with E-state index in [0.29, 0.717) is 22.9 Å². The van der Waals surface area contributed by atoms with Crippen molar-refractivity contribution in [2.75, 3.05) is 0 Å². The van der Waals surface area contributed by atoms with E-state index in [0.717, 1.165) is 12.8 Å². The molecule has 0 radical (unpaired) electrons. The maximum atomic E-state index is 11.9. The van der Waals surface area contributed by atoms with Crippen LogP contribution in [-0.4, -0.2) is 32.6 Å². The summed E-state index contributed by atoms with van der Waals surface area (Å²) < 4.78 is 1.75. The summed E-state index contributed by atoms with van der Waals surface area (Å²) in [5.41, 5.74) is 1.26. The summed E-state index contributed by atoms with van der Waals surface area (Å²) in [5, 5.41) is 12.1. The molecule has 1 amide bonds. The number of nitrogens with one attached hydrogen (secondary N) is 1. The standard InChI is InChI=1S/C14H15N3O3/c1-8-15-13-10(14(19)20)3-2-4-11(13)17(8)7-12(18)16-9-5-6-9/h2-4,9H,5-7H2,1H3,(H,16,18)(H,19,20). The number of aromatic carboxylic acids is 1. The van der Waals surface area contributed by atoms with Crippen LogP contribution in [0.1, 0.15) is 29.0 Å². The van der Waals surface area contributed by atoms with Crippen molar-refractivity contribution in [1.29, 1.82) is 0 Å². The summed E-state index contributed by atoms with van der Waals surface area (Å²) in [4.78, 5) is 27.4. The van der Waals surface area contributed by atoms with Gasteiger partial charge in [0, 0.05) is 6.04 Å².